The number of hydrogen-bond acceptors (Lipinski definition) is 6. The molecule has 7 heteroatoms. The van der Waals surface area contributed by atoms with E-state index < -0.39 is 10.8 Å². The second-order valence-corrected chi connectivity index (χ2v) is 8.03. The van der Waals surface area contributed by atoms with E-state index in [2.05, 4.69) is 23.1 Å². The minimum absolute atomic E-state index is 0.0733. The molecule has 1 unspecified atom stereocenters. The van der Waals surface area contributed by atoms with Gasteiger partial charge in [0.25, 0.3) is 0 Å². The van der Waals surface area contributed by atoms with Crippen LogP contribution in [0.15, 0.2) is 16.2 Å². The van der Waals surface area contributed by atoms with Gasteiger partial charge in [0.1, 0.15) is 11.8 Å². The summed E-state index contributed by atoms with van der Waals surface area (Å²) in [6.07, 6.45) is 3.45. The predicted octanol–water partition coefficient (Wildman–Crippen LogP) is 2.66. The lowest BCUT2D eigenvalue weighted by Crippen LogP contribution is -2.51. The molecule has 2 aliphatic carbocycles. The lowest BCUT2D eigenvalue weighted by Gasteiger charge is -2.49. The third kappa shape index (κ3) is 1.99. The maximum absolute atomic E-state index is 12.7. The summed E-state index contributed by atoms with van der Waals surface area (Å²) in [5.74, 6) is 1.04. The summed E-state index contributed by atoms with van der Waals surface area (Å²) >= 11 is 0. The van der Waals surface area contributed by atoms with E-state index in [-0.39, 0.29) is 17.3 Å². The standard InChI is InChI=1S/C19H21N5O2/c1-10-21-17(23-26-10)14-12-6-7-13-18(2,3)16(25)11(9-20)8-19(13,4)15(12)22-24(14)5/h8,13H,6-7H2,1-5H3/t13-,19?/m0/s1. The molecule has 134 valence electrons. The predicted molar refractivity (Wildman–Crippen MR) is 92.9 cm³/mol. The summed E-state index contributed by atoms with van der Waals surface area (Å²) < 4.78 is 6.93. The van der Waals surface area contributed by atoms with Crippen molar-refractivity contribution >= 4 is 5.78 Å². The maximum atomic E-state index is 12.7. The highest BCUT2D eigenvalue weighted by atomic mass is 16.5. The lowest BCUT2D eigenvalue weighted by atomic mass is 9.52. The SMILES string of the molecule is Cc1nc(-c2c3c(nn2C)C2(C)C=C(C#N)C(=O)C(C)(C)[C@@H]2CC3)no1. The zero-order valence-corrected chi connectivity index (χ0v) is 15.6. The number of fused-ring (bicyclic) bond motifs is 3. The van der Waals surface area contributed by atoms with Gasteiger partial charge in [-0.1, -0.05) is 32.0 Å². The van der Waals surface area contributed by atoms with Crippen molar-refractivity contribution in [1.82, 2.24) is 19.9 Å². The summed E-state index contributed by atoms with van der Waals surface area (Å²) in [6, 6.07) is 2.09. The third-order valence-electron chi connectivity index (χ3n) is 6.07. The van der Waals surface area contributed by atoms with E-state index in [0.29, 0.717) is 11.7 Å². The molecule has 2 aromatic rings. The van der Waals surface area contributed by atoms with Crippen LogP contribution < -0.4 is 0 Å². The number of aryl methyl sites for hydroxylation is 2. The van der Waals surface area contributed by atoms with Crippen LogP contribution in [0.25, 0.3) is 11.5 Å². The molecule has 0 spiro atoms. The number of aromatic nitrogens is 4. The zero-order chi connectivity index (χ0) is 18.9. The minimum Gasteiger partial charge on any atom is -0.339 e. The van der Waals surface area contributed by atoms with E-state index in [4.69, 9.17) is 9.62 Å². The van der Waals surface area contributed by atoms with Gasteiger partial charge in [-0.2, -0.15) is 15.3 Å². The number of hydrogen-bond donors (Lipinski definition) is 0. The lowest BCUT2D eigenvalue weighted by molar-refractivity contribution is -0.128. The van der Waals surface area contributed by atoms with Gasteiger partial charge in [0.2, 0.25) is 11.7 Å². The number of Topliss-reactive ketones (excluding diaryl/α,β-unsaturated/α-hetero) is 1. The number of carbonyl (C=O) groups excluding carboxylic acids is 1. The number of nitriles is 1. The van der Waals surface area contributed by atoms with E-state index >= 15 is 0 Å². The Morgan fingerprint density at radius 1 is 1.38 bits per heavy atom. The highest BCUT2D eigenvalue weighted by molar-refractivity contribution is 6.04. The number of rotatable bonds is 1. The molecule has 2 heterocycles. The largest absolute Gasteiger partial charge is 0.339 e. The number of nitrogens with zero attached hydrogens (tertiary/aromatic N) is 5. The Hall–Kier alpha value is -2.75. The van der Waals surface area contributed by atoms with Gasteiger partial charge >= 0.3 is 0 Å². The van der Waals surface area contributed by atoms with Crippen molar-refractivity contribution in [3.63, 3.8) is 0 Å². The Balaban J connectivity index is 1.96. The van der Waals surface area contributed by atoms with Crippen LogP contribution >= 0.6 is 0 Å². The Labute approximate surface area is 151 Å². The summed E-state index contributed by atoms with van der Waals surface area (Å²) in [7, 11) is 1.87. The molecule has 0 saturated heterocycles. The van der Waals surface area contributed by atoms with Gasteiger partial charge < -0.3 is 4.52 Å². The monoisotopic (exact) mass is 351 g/mol. The maximum Gasteiger partial charge on any atom is 0.223 e. The molecule has 0 aromatic carbocycles. The van der Waals surface area contributed by atoms with Crippen molar-refractivity contribution in [3.05, 3.63) is 28.8 Å². The van der Waals surface area contributed by atoms with Crippen LogP contribution in [0.3, 0.4) is 0 Å². The molecule has 0 saturated carbocycles. The second kappa shape index (κ2) is 5.13. The molecule has 2 aromatic heterocycles. The summed E-state index contributed by atoms with van der Waals surface area (Å²) in [5, 5.41) is 18.3. The van der Waals surface area contributed by atoms with Crippen LogP contribution in [0.5, 0.6) is 0 Å². The van der Waals surface area contributed by atoms with Crippen LogP contribution in [0.1, 0.15) is 44.3 Å². The Kier molecular flexibility index (Phi) is 3.30. The highest BCUT2D eigenvalue weighted by Crippen LogP contribution is 2.55. The van der Waals surface area contributed by atoms with Gasteiger partial charge in [-0.05, 0) is 18.8 Å². The van der Waals surface area contributed by atoms with Crippen LogP contribution in [0, 0.1) is 29.6 Å². The first-order valence-electron chi connectivity index (χ1n) is 8.75. The molecule has 2 atom stereocenters. The molecule has 0 N–H and O–H groups in total. The van der Waals surface area contributed by atoms with Crippen molar-refractivity contribution in [1.29, 1.82) is 5.26 Å². The Morgan fingerprint density at radius 3 is 2.73 bits per heavy atom. The van der Waals surface area contributed by atoms with E-state index in [1.165, 1.54) is 0 Å². The molecule has 0 aliphatic heterocycles. The average molecular weight is 351 g/mol. The molecule has 26 heavy (non-hydrogen) atoms. The van der Waals surface area contributed by atoms with Gasteiger partial charge in [-0.15, -0.1) is 0 Å². The topological polar surface area (TPSA) is 97.6 Å². The number of carbonyl (C=O) groups is 1. The molecule has 2 aliphatic rings. The van der Waals surface area contributed by atoms with Crippen LogP contribution in [-0.2, 0) is 23.7 Å². The van der Waals surface area contributed by atoms with E-state index in [9.17, 15) is 10.1 Å². The van der Waals surface area contributed by atoms with Crippen LogP contribution in [0.4, 0.5) is 0 Å². The van der Waals surface area contributed by atoms with Gasteiger partial charge in [0.05, 0.1) is 11.3 Å². The van der Waals surface area contributed by atoms with Gasteiger partial charge in [0.15, 0.2) is 5.78 Å². The number of ketones is 1. The molecule has 0 amide bonds. The van der Waals surface area contributed by atoms with E-state index in [1.807, 2.05) is 27.0 Å². The molecular weight excluding hydrogens is 330 g/mol. The van der Waals surface area contributed by atoms with Crippen LogP contribution in [-0.4, -0.2) is 25.7 Å². The smallest absolute Gasteiger partial charge is 0.223 e. The first-order valence-corrected chi connectivity index (χ1v) is 8.75. The summed E-state index contributed by atoms with van der Waals surface area (Å²) in [4.78, 5) is 17.1. The van der Waals surface area contributed by atoms with Crippen molar-refractivity contribution in [2.75, 3.05) is 0 Å². The van der Waals surface area contributed by atoms with Crippen molar-refractivity contribution < 1.29 is 9.32 Å². The van der Waals surface area contributed by atoms with Gasteiger partial charge in [-0.3, -0.25) is 9.48 Å². The summed E-state index contributed by atoms with van der Waals surface area (Å²) in [5.41, 5.74) is 1.97. The van der Waals surface area contributed by atoms with E-state index in [1.54, 1.807) is 11.6 Å². The molecule has 7 nitrogen and oxygen atoms in total. The fourth-order valence-corrected chi connectivity index (χ4v) is 4.90. The fraction of sp³-hybridized carbons (Fsp3) is 0.526. The molecule has 0 bridgehead atoms. The van der Waals surface area contributed by atoms with E-state index in [0.717, 1.165) is 29.8 Å². The highest BCUT2D eigenvalue weighted by Gasteiger charge is 2.55. The normalized spacial score (nSPS) is 26.7. The third-order valence-corrected chi connectivity index (χ3v) is 6.07. The zero-order valence-electron chi connectivity index (χ0n) is 15.6. The molecular formula is C19H21N5O2. The average Bonchev–Trinajstić information content (AvgIpc) is 3.14. The first kappa shape index (κ1) is 16.7. The summed E-state index contributed by atoms with van der Waals surface area (Å²) in [6.45, 7) is 7.73. The number of allylic oxidation sites excluding steroid dienone is 2. The van der Waals surface area contributed by atoms with Crippen molar-refractivity contribution in [2.24, 2.45) is 18.4 Å². The van der Waals surface area contributed by atoms with Gasteiger partial charge in [-0.25, -0.2) is 0 Å². The quantitative estimate of drug-likeness (QED) is 0.783. The first-order chi connectivity index (χ1) is 12.2. The van der Waals surface area contributed by atoms with Gasteiger partial charge in [0, 0.05) is 30.4 Å². The Morgan fingerprint density at radius 2 is 2.12 bits per heavy atom. The molecule has 0 fully saturated rings. The molecule has 4 rings (SSSR count). The Bertz CT molecular complexity index is 1000. The molecule has 0 radical (unpaired) electrons. The van der Waals surface area contributed by atoms with Crippen LogP contribution in [0.2, 0.25) is 0 Å². The fourth-order valence-electron chi connectivity index (χ4n) is 4.90. The minimum atomic E-state index is -0.604. The van der Waals surface area contributed by atoms with Crippen molar-refractivity contribution in [2.45, 2.75) is 46.0 Å². The second-order valence-electron chi connectivity index (χ2n) is 8.03. The van der Waals surface area contributed by atoms with Crippen molar-refractivity contribution in [3.8, 4) is 17.6 Å².